The molecule has 0 heterocycles. The Kier molecular flexibility index (Phi) is 6.09. The maximum atomic E-state index is 9.89. The number of aliphatic hydroxyl groups is 1. The van der Waals surface area contributed by atoms with Gasteiger partial charge in [0.1, 0.15) is 0 Å². The Morgan fingerprint density at radius 1 is 1.33 bits per heavy atom. The lowest BCUT2D eigenvalue weighted by Gasteiger charge is -2.40. The smallest absolute Gasteiger partial charge is 0.0628 e. The van der Waals surface area contributed by atoms with E-state index in [4.69, 9.17) is 0 Å². The van der Waals surface area contributed by atoms with Crippen LogP contribution in [0, 0.1) is 11.8 Å². The highest BCUT2D eigenvalue weighted by Gasteiger charge is 2.45. The number of aliphatic hydroxyl groups excluding tert-OH is 1. The summed E-state index contributed by atoms with van der Waals surface area (Å²) in [7, 11) is 2.19. The van der Waals surface area contributed by atoms with E-state index in [0.717, 1.165) is 19.5 Å². The van der Waals surface area contributed by atoms with Crippen LogP contribution in [-0.2, 0) is 0 Å². The molecule has 0 aromatic carbocycles. The molecule has 0 aromatic heterocycles. The predicted octanol–water partition coefficient (Wildman–Crippen LogP) is 2.10. The van der Waals surface area contributed by atoms with Crippen LogP contribution in [0.4, 0.5) is 0 Å². The lowest BCUT2D eigenvalue weighted by Crippen LogP contribution is -2.59. The summed E-state index contributed by atoms with van der Waals surface area (Å²) in [5.41, 5.74) is -0.0755. The number of nitrogens with one attached hydrogen (secondary N) is 1. The van der Waals surface area contributed by atoms with Crippen LogP contribution in [0.25, 0.3) is 0 Å². The molecule has 1 saturated carbocycles. The molecule has 1 fully saturated rings. The summed E-state index contributed by atoms with van der Waals surface area (Å²) in [6.07, 6.45) is 3.65. The second-order valence-corrected chi connectivity index (χ2v) is 6.42. The minimum atomic E-state index is -0.0755. The van der Waals surface area contributed by atoms with E-state index in [9.17, 15) is 5.11 Å². The molecule has 3 nitrogen and oxygen atoms in total. The third-order valence-electron chi connectivity index (χ3n) is 4.56. The highest BCUT2D eigenvalue weighted by atomic mass is 16.3. The van der Waals surface area contributed by atoms with Crippen LogP contribution in [0.3, 0.4) is 0 Å². The van der Waals surface area contributed by atoms with Gasteiger partial charge in [0.05, 0.1) is 12.1 Å². The van der Waals surface area contributed by atoms with Gasteiger partial charge in [0.15, 0.2) is 0 Å². The lowest BCUT2D eigenvalue weighted by molar-refractivity contribution is 0.0772. The molecule has 1 aliphatic carbocycles. The minimum Gasteiger partial charge on any atom is -0.394 e. The third-order valence-corrected chi connectivity index (χ3v) is 4.56. The van der Waals surface area contributed by atoms with Gasteiger partial charge >= 0.3 is 0 Å². The normalized spacial score (nSPS) is 21.3. The van der Waals surface area contributed by atoms with Crippen LogP contribution in [0.2, 0.25) is 0 Å². The van der Waals surface area contributed by atoms with E-state index in [0.29, 0.717) is 17.9 Å². The Labute approximate surface area is 113 Å². The molecule has 1 rings (SSSR count). The van der Waals surface area contributed by atoms with Gasteiger partial charge in [0.2, 0.25) is 0 Å². The number of rotatable bonds is 9. The van der Waals surface area contributed by atoms with Gasteiger partial charge in [-0.3, -0.25) is 0 Å². The SMILES string of the molecule is CCCNC(CO)(CN(C)C(C)C(C)C)C1CC1. The fourth-order valence-corrected chi connectivity index (χ4v) is 2.67. The molecule has 3 heteroatoms. The van der Waals surface area contributed by atoms with E-state index in [1.54, 1.807) is 0 Å². The van der Waals surface area contributed by atoms with Crippen molar-refractivity contribution in [3.8, 4) is 0 Å². The van der Waals surface area contributed by atoms with Crippen molar-refractivity contribution in [2.45, 2.75) is 58.5 Å². The molecule has 2 N–H and O–H groups in total. The van der Waals surface area contributed by atoms with Gasteiger partial charge in [-0.2, -0.15) is 0 Å². The van der Waals surface area contributed by atoms with E-state index in [1.165, 1.54) is 12.8 Å². The number of nitrogens with zero attached hydrogens (tertiary/aromatic N) is 1. The molecule has 18 heavy (non-hydrogen) atoms. The third kappa shape index (κ3) is 3.94. The van der Waals surface area contributed by atoms with E-state index in [2.05, 4.69) is 45.0 Å². The molecule has 108 valence electrons. The van der Waals surface area contributed by atoms with Crippen molar-refractivity contribution in [1.29, 1.82) is 0 Å². The van der Waals surface area contributed by atoms with Crippen LogP contribution in [0.5, 0.6) is 0 Å². The summed E-state index contributed by atoms with van der Waals surface area (Å²) in [5.74, 6) is 1.31. The molecule has 0 saturated heterocycles. The van der Waals surface area contributed by atoms with Crippen molar-refractivity contribution in [3.05, 3.63) is 0 Å². The monoisotopic (exact) mass is 256 g/mol. The Morgan fingerprint density at radius 2 is 1.94 bits per heavy atom. The van der Waals surface area contributed by atoms with Crippen molar-refractivity contribution in [3.63, 3.8) is 0 Å². The van der Waals surface area contributed by atoms with E-state index in [1.807, 2.05) is 0 Å². The summed E-state index contributed by atoms with van der Waals surface area (Å²) in [6.45, 7) is 11.2. The van der Waals surface area contributed by atoms with Crippen molar-refractivity contribution >= 4 is 0 Å². The fourth-order valence-electron chi connectivity index (χ4n) is 2.67. The zero-order valence-corrected chi connectivity index (χ0v) is 12.9. The highest BCUT2D eigenvalue weighted by molar-refractivity contribution is 5.03. The topological polar surface area (TPSA) is 35.5 Å². The first-order valence-electron chi connectivity index (χ1n) is 7.53. The lowest BCUT2D eigenvalue weighted by atomic mass is 9.91. The van der Waals surface area contributed by atoms with Crippen LogP contribution in [0.1, 0.15) is 47.0 Å². The van der Waals surface area contributed by atoms with E-state index >= 15 is 0 Å². The molecule has 0 amide bonds. The summed E-state index contributed by atoms with van der Waals surface area (Å²) < 4.78 is 0. The number of likely N-dealkylation sites (N-methyl/N-ethyl adjacent to an activating group) is 1. The van der Waals surface area contributed by atoms with Gasteiger partial charge in [0.25, 0.3) is 0 Å². The summed E-state index contributed by atoms with van der Waals surface area (Å²) in [6, 6.07) is 0.554. The first-order valence-corrected chi connectivity index (χ1v) is 7.53. The summed E-state index contributed by atoms with van der Waals surface area (Å²) in [5, 5.41) is 13.5. The van der Waals surface area contributed by atoms with Gasteiger partial charge in [0, 0.05) is 12.6 Å². The van der Waals surface area contributed by atoms with Crippen LogP contribution in [-0.4, -0.2) is 48.3 Å². The Hall–Kier alpha value is -0.120. The fraction of sp³-hybridized carbons (Fsp3) is 1.00. The van der Waals surface area contributed by atoms with Crippen LogP contribution in [0.15, 0.2) is 0 Å². The largest absolute Gasteiger partial charge is 0.394 e. The van der Waals surface area contributed by atoms with Crippen molar-refractivity contribution in [2.24, 2.45) is 11.8 Å². The van der Waals surface area contributed by atoms with Crippen LogP contribution < -0.4 is 5.32 Å². The molecule has 2 atom stereocenters. The predicted molar refractivity (Wildman–Crippen MR) is 77.8 cm³/mol. The second kappa shape index (κ2) is 6.88. The molecular formula is C15H32N2O. The van der Waals surface area contributed by atoms with Crippen molar-refractivity contribution < 1.29 is 5.11 Å². The van der Waals surface area contributed by atoms with E-state index in [-0.39, 0.29) is 12.1 Å². The summed E-state index contributed by atoms with van der Waals surface area (Å²) >= 11 is 0. The molecule has 0 spiro atoms. The van der Waals surface area contributed by atoms with E-state index < -0.39 is 0 Å². The van der Waals surface area contributed by atoms with Gasteiger partial charge in [-0.1, -0.05) is 20.8 Å². The maximum Gasteiger partial charge on any atom is 0.0628 e. The van der Waals surface area contributed by atoms with Crippen LogP contribution >= 0.6 is 0 Å². The first kappa shape index (κ1) is 15.9. The molecular weight excluding hydrogens is 224 g/mol. The zero-order chi connectivity index (χ0) is 13.8. The highest BCUT2D eigenvalue weighted by Crippen LogP contribution is 2.40. The van der Waals surface area contributed by atoms with Crippen molar-refractivity contribution in [2.75, 3.05) is 26.7 Å². The molecule has 0 aliphatic heterocycles. The first-order chi connectivity index (χ1) is 8.46. The second-order valence-electron chi connectivity index (χ2n) is 6.42. The maximum absolute atomic E-state index is 9.89. The zero-order valence-electron chi connectivity index (χ0n) is 12.9. The standard InChI is InChI=1S/C15H32N2O/c1-6-9-16-15(11-18,14-7-8-14)10-17(5)13(4)12(2)3/h12-14,16,18H,6-11H2,1-5H3. The molecule has 0 aromatic rings. The Bertz CT molecular complexity index is 241. The van der Waals surface area contributed by atoms with Gasteiger partial charge < -0.3 is 15.3 Å². The van der Waals surface area contributed by atoms with Gasteiger partial charge in [-0.15, -0.1) is 0 Å². The molecule has 0 radical (unpaired) electrons. The van der Waals surface area contributed by atoms with Gasteiger partial charge in [-0.25, -0.2) is 0 Å². The minimum absolute atomic E-state index is 0.0755. The average molecular weight is 256 g/mol. The summed E-state index contributed by atoms with van der Waals surface area (Å²) in [4.78, 5) is 2.40. The molecule has 0 bridgehead atoms. The quantitative estimate of drug-likeness (QED) is 0.663. The van der Waals surface area contributed by atoms with Gasteiger partial charge in [-0.05, 0) is 51.6 Å². The Balaban J connectivity index is 2.65. The number of hydrogen-bond donors (Lipinski definition) is 2. The molecule has 2 unspecified atom stereocenters. The molecule has 1 aliphatic rings. The Morgan fingerprint density at radius 3 is 2.33 bits per heavy atom. The number of hydrogen-bond acceptors (Lipinski definition) is 3. The average Bonchev–Trinajstić information content (AvgIpc) is 3.17. The van der Waals surface area contributed by atoms with Crippen molar-refractivity contribution in [1.82, 2.24) is 10.2 Å².